The number of hydrogen-bond acceptors (Lipinski definition) is 8. The summed E-state index contributed by atoms with van der Waals surface area (Å²) in [5.41, 5.74) is 3.72. The van der Waals surface area contributed by atoms with Crippen LogP contribution in [0.3, 0.4) is 0 Å². The van der Waals surface area contributed by atoms with Crippen LogP contribution in [0, 0.1) is 0 Å². The first-order valence-electron chi connectivity index (χ1n) is 13.6. The highest BCUT2D eigenvalue weighted by Gasteiger charge is 2.22. The van der Waals surface area contributed by atoms with Crippen molar-refractivity contribution in [2.45, 2.75) is 37.4 Å². The van der Waals surface area contributed by atoms with Crippen LogP contribution in [0.5, 0.6) is 0 Å². The lowest BCUT2D eigenvalue weighted by atomic mass is 10.1. The van der Waals surface area contributed by atoms with Crippen molar-refractivity contribution in [3.63, 3.8) is 0 Å². The van der Waals surface area contributed by atoms with Gasteiger partial charge < -0.3 is 18.9 Å². The minimum absolute atomic E-state index is 0.0659. The third-order valence-corrected chi connectivity index (χ3v) is 9.88. The molecule has 0 amide bonds. The number of morpholine rings is 1. The predicted octanol–water partition coefficient (Wildman–Crippen LogP) is 5.09. The van der Waals surface area contributed by atoms with E-state index in [-0.39, 0.29) is 5.03 Å². The highest BCUT2D eigenvalue weighted by molar-refractivity contribution is 7.92. The number of aromatic nitrogens is 4. The van der Waals surface area contributed by atoms with Crippen LogP contribution in [-0.4, -0.2) is 68.9 Å². The lowest BCUT2D eigenvalue weighted by molar-refractivity contribution is 0.0909. The SMILES string of the molecule is C=Cc1ccnc(S(=O)(=O)Nc2ccc(-c3cc4c(N5CCOCC5)ncnc4n3COCC[Si](C)(C)C)cc2)c1. The Hall–Kier alpha value is -3.58. The predicted molar refractivity (Wildman–Crippen MR) is 165 cm³/mol. The van der Waals surface area contributed by atoms with Gasteiger partial charge in [0.05, 0.1) is 24.3 Å². The van der Waals surface area contributed by atoms with E-state index in [0.29, 0.717) is 37.8 Å². The molecular weight excluding hydrogens is 557 g/mol. The van der Waals surface area contributed by atoms with E-state index in [0.717, 1.165) is 47.2 Å². The summed E-state index contributed by atoms with van der Waals surface area (Å²) >= 11 is 0. The zero-order chi connectivity index (χ0) is 29.0. The lowest BCUT2D eigenvalue weighted by Crippen LogP contribution is -2.36. The van der Waals surface area contributed by atoms with E-state index in [1.54, 1.807) is 30.6 Å². The molecule has 3 aromatic heterocycles. The maximum atomic E-state index is 12.9. The molecule has 0 bridgehead atoms. The first kappa shape index (κ1) is 28.9. The van der Waals surface area contributed by atoms with Crippen molar-refractivity contribution in [1.29, 1.82) is 0 Å². The summed E-state index contributed by atoms with van der Waals surface area (Å²) in [7, 11) is -5.10. The minimum Gasteiger partial charge on any atom is -0.378 e. The summed E-state index contributed by atoms with van der Waals surface area (Å²) in [5, 5.41) is 0.875. The van der Waals surface area contributed by atoms with Crippen LogP contribution >= 0.6 is 0 Å². The molecule has 4 aromatic rings. The smallest absolute Gasteiger partial charge is 0.279 e. The Morgan fingerprint density at radius 1 is 1.07 bits per heavy atom. The fraction of sp³-hybridized carbons (Fsp3) is 0.345. The normalized spacial score (nSPS) is 14.4. The van der Waals surface area contributed by atoms with E-state index in [1.165, 1.54) is 12.3 Å². The fourth-order valence-corrected chi connectivity index (χ4v) is 6.40. The molecule has 0 spiro atoms. The standard InChI is InChI=1S/C29H36N6O4SSi/c1-5-22-10-11-30-27(18-22)40(36,37)33-24-8-6-23(7-9-24)26-19-25-28(34-12-14-38-15-13-34)31-20-32-29(25)35(26)21-39-16-17-41(2,3)4/h5-11,18-20,33H,1,12-17,21H2,2-4H3. The Balaban J connectivity index is 1.46. The maximum absolute atomic E-state index is 12.9. The van der Waals surface area contributed by atoms with Gasteiger partial charge in [-0.05, 0) is 47.5 Å². The van der Waals surface area contributed by atoms with Gasteiger partial charge in [0.1, 0.15) is 24.5 Å². The number of anilines is 2. The summed E-state index contributed by atoms with van der Waals surface area (Å²) in [6.07, 6.45) is 4.63. The van der Waals surface area contributed by atoms with E-state index >= 15 is 0 Å². The van der Waals surface area contributed by atoms with Crippen molar-refractivity contribution in [2.24, 2.45) is 0 Å². The fourth-order valence-electron chi connectivity index (χ4n) is 4.60. The van der Waals surface area contributed by atoms with E-state index < -0.39 is 18.1 Å². The molecule has 41 heavy (non-hydrogen) atoms. The first-order valence-corrected chi connectivity index (χ1v) is 18.8. The first-order chi connectivity index (χ1) is 19.6. The van der Waals surface area contributed by atoms with Gasteiger partial charge in [-0.2, -0.15) is 8.42 Å². The van der Waals surface area contributed by atoms with Crippen molar-refractivity contribution < 1.29 is 17.9 Å². The summed E-state index contributed by atoms with van der Waals surface area (Å²) < 4.78 is 42.3. The summed E-state index contributed by atoms with van der Waals surface area (Å²) in [6, 6.07) is 13.6. The van der Waals surface area contributed by atoms with E-state index in [4.69, 9.17) is 9.47 Å². The van der Waals surface area contributed by atoms with E-state index in [1.807, 2.05) is 12.1 Å². The largest absolute Gasteiger partial charge is 0.378 e. The number of fused-ring (bicyclic) bond motifs is 1. The van der Waals surface area contributed by atoms with Gasteiger partial charge >= 0.3 is 0 Å². The second-order valence-electron chi connectivity index (χ2n) is 11.2. The summed E-state index contributed by atoms with van der Waals surface area (Å²) in [4.78, 5) is 15.5. The van der Waals surface area contributed by atoms with Crippen LogP contribution < -0.4 is 9.62 Å². The van der Waals surface area contributed by atoms with Gasteiger partial charge in [0, 0.05) is 39.7 Å². The van der Waals surface area contributed by atoms with Gasteiger partial charge in [0.25, 0.3) is 10.0 Å². The molecule has 1 N–H and O–H groups in total. The molecule has 1 aliphatic heterocycles. The van der Waals surface area contributed by atoms with Crippen molar-refractivity contribution in [1.82, 2.24) is 19.5 Å². The van der Waals surface area contributed by atoms with Crippen LogP contribution in [0.25, 0.3) is 28.4 Å². The number of ether oxygens (including phenoxy) is 2. The molecule has 216 valence electrons. The third-order valence-electron chi connectivity index (χ3n) is 6.90. The van der Waals surface area contributed by atoms with Crippen LogP contribution in [-0.2, 0) is 26.2 Å². The Labute approximate surface area is 242 Å². The zero-order valence-electron chi connectivity index (χ0n) is 23.7. The molecule has 0 aliphatic carbocycles. The van der Waals surface area contributed by atoms with Crippen LogP contribution in [0.1, 0.15) is 5.56 Å². The number of sulfonamides is 1. The molecule has 1 aliphatic rings. The Morgan fingerprint density at radius 2 is 1.83 bits per heavy atom. The molecule has 1 saturated heterocycles. The molecular formula is C29H36N6O4SSi. The number of nitrogens with one attached hydrogen (secondary N) is 1. The molecule has 12 heteroatoms. The Morgan fingerprint density at radius 3 is 2.54 bits per heavy atom. The molecule has 10 nitrogen and oxygen atoms in total. The highest BCUT2D eigenvalue weighted by atomic mass is 32.2. The van der Waals surface area contributed by atoms with E-state index in [2.05, 4.69) is 61.4 Å². The van der Waals surface area contributed by atoms with Gasteiger partial charge in [-0.15, -0.1) is 0 Å². The number of nitrogens with zero attached hydrogens (tertiary/aromatic N) is 5. The average Bonchev–Trinajstić information content (AvgIpc) is 3.34. The molecule has 1 fully saturated rings. The molecule has 1 aromatic carbocycles. The lowest BCUT2D eigenvalue weighted by Gasteiger charge is -2.28. The summed E-state index contributed by atoms with van der Waals surface area (Å²) in [6.45, 7) is 14.6. The minimum atomic E-state index is -3.86. The topological polar surface area (TPSA) is 111 Å². The average molecular weight is 593 g/mol. The van der Waals surface area contributed by atoms with Crippen LogP contribution in [0.4, 0.5) is 11.5 Å². The van der Waals surface area contributed by atoms with Gasteiger partial charge in [-0.25, -0.2) is 15.0 Å². The number of pyridine rings is 1. The molecule has 4 heterocycles. The number of hydrogen-bond donors (Lipinski definition) is 1. The van der Waals surface area contributed by atoms with Crippen molar-refractivity contribution in [2.75, 3.05) is 42.5 Å². The van der Waals surface area contributed by atoms with Gasteiger partial charge in [0.15, 0.2) is 5.03 Å². The third kappa shape index (κ3) is 6.84. The highest BCUT2D eigenvalue weighted by Crippen LogP contribution is 2.33. The van der Waals surface area contributed by atoms with Gasteiger partial charge in [0.2, 0.25) is 0 Å². The molecule has 5 rings (SSSR count). The number of rotatable bonds is 11. The quantitative estimate of drug-likeness (QED) is 0.190. The summed E-state index contributed by atoms with van der Waals surface area (Å²) in [5.74, 6) is 0.874. The molecule has 0 saturated carbocycles. The number of benzene rings is 1. The second-order valence-corrected chi connectivity index (χ2v) is 18.4. The Kier molecular flexibility index (Phi) is 8.54. The maximum Gasteiger partial charge on any atom is 0.279 e. The van der Waals surface area contributed by atoms with Crippen molar-refractivity contribution in [3.8, 4) is 11.3 Å². The van der Waals surface area contributed by atoms with Crippen molar-refractivity contribution >= 4 is 46.7 Å². The van der Waals surface area contributed by atoms with Crippen molar-refractivity contribution in [3.05, 3.63) is 67.1 Å². The monoisotopic (exact) mass is 592 g/mol. The molecule has 0 atom stereocenters. The molecule has 0 radical (unpaired) electrons. The second kappa shape index (κ2) is 12.1. The molecule has 0 unspecified atom stereocenters. The van der Waals surface area contributed by atoms with Crippen LogP contribution in [0.15, 0.2) is 66.6 Å². The Bertz CT molecular complexity index is 1630. The zero-order valence-corrected chi connectivity index (χ0v) is 25.5. The van der Waals surface area contributed by atoms with Gasteiger partial charge in [-0.3, -0.25) is 4.72 Å². The van der Waals surface area contributed by atoms with E-state index in [9.17, 15) is 8.42 Å². The van der Waals surface area contributed by atoms with Crippen LogP contribution in [0.2, 0.25) is 25.7 Å². The van der Waals surface area contributed by atoms with Gasteiger partial charge in [-0.1, -0.05) is 44.4 Å².